The number of rotatable bonds is 1. The molecule has 1 spiro atoms. The monoisotopic (exact) mass is 153 g/mol. The lowest BCUT2D eigenvalue weighted by Crippen LogP contribution is -2.39. The van der Waals surface area contributed by atoms with Crippen molar-refractivity contribution in [3.63, 3.8) is 0 Å². The molecule has 1 unspecified atom stereocenters. The Kier molecular flexibility index (Phi) is 1.39. The summed E-state index contributed by atoms with van der Waals surface area (Å²) >= 11 is 0. The summed E-state index contributed by atoms with van der Waals surface area (Å²) in [5.74, 6) is 0. The largest absolute Gasteiger partial charge is 0.327 e. The molecule has 11 heavy (non-hydrogen) atoms. The van der Waals surface area contributed by atoms with Crippen molar-refractivity contribution in [2.24, 2.45) is 16.6 Å². The van der Waals surface area contributed by atoms with E-state index in [1.165, 1.54) is 32.1 Å². The smallest absolute Gasteiger partial charge is 0.0150 e. The molecule has 0 bridgehead atoms. The van der Waals surface area contributed by atoms with Crippen molar-refractivity contribution in [3.8, 4) is 0 Å². The zero-order valence-electron chi connectivity index (χ0n) is 7.69. The average molecular weight is 153 g/mol. The van der Waals surface area contributed by atoms with Crippen LogP contribution in [0.4, 0.5) is 0 Å². The minimum absolute atomic E-state index is 0.469. The summed E-state index contributed by atoms with van der Waals surface area (Å²) in [6, 6.07) is 0.500. The fourth-order valence-electron chi connectivity index (χ4n) is 2.70. The Hall–Kier alpha value is -0.0400. The Labute approximate surface area is 69.4 Å². The van der Waals surface area contributed by atoms with Gasteiger partial charge < -0.3 is 5.73 Å². The second-order valence-corrected chi connectivity index (χ2v) is 4.85. The molecular weight excluding hydrogens is 134 g/mol. The number of nitrogens with two attached hydrogens (primary N) is 1. The average Bonchev–Trinajstić information content (AvgIpc) is 2.75. The van der Waals surface area contributed by atoms with Crippen molar-refractivity contribution >= 4 is 0 Å². The van der Waals surface area contributed by atoms with Gasteiger partial charge in [0.2, 0.25) is 0 Å². The van der Waals surface area contributed by atoms with Crippen LogP contribution in [0.15, 0.2) is 0 Å². The minimum atomic E-state index is 0.469. The van der Waals surface area contributed by atoms with E-state index in [0.717, 1.165) is 0 Å². The molecule has 0 amide bonds. The van der Waals surface area contributed by atoms with Crippen LogP contribution in [0.1, 0.15) is 46.0 Å². The molecule has 2 aliphatic rings. The van der Waals surface area contributed by atoms with Crippen molar-refractivity contribution in [2.75, 3.05) is 0 Å². The van der Waals surface area contributed by atoms with Crippen LogP contribution >= 0.6 is 0 Å². The fourth-order valence-corrected chi connectivity index (χ4v) is 2.70. The van der Waals surface area contributed by atoms with Crippen LogP contribution in [0.25, 0.3) is 0 Å². The molecule has 64 valence electrons. The summed E-state index contributed by atoms with van der Waals surface area (Å²) in [4.78, 5) is 0. The number of hydrogen-bond acceptors (Lipinski definition) is 1. The Morgan fingerprint density at radius 3 is 2.09 bits per heavy atom. The molecule has 1 heteroatoms. The quantitative estimate of drug-likeness (QED) is 0.614. The maximum absolute atomic E-state index is 6.26. The normalized spacial score (nSPS) is 46.6. The lowest BCUT2D eigenvalue weighted by Gasteiger charge is -2.30. The Morgan fingerprint density at radius 2 is 1.82 bits per heavy atom. The lowest BCUT2D eigenvalue weighted by molar-refractivity contribution is 0.251. The molecule has 0 saturated heterocycles. The standard InChI is InChI=1S/C10H19N/c1-3-9(2)4-5-10(6-7-10)8(9)11/h8H,3-7,11H2,1-2H3/t8-,9?/m0/s1. The highest BCUT2D eigenvalue weighted by atomic mass is 14.8. The maximum Gasteiger partial charge on any atom is 0.0150 e. The first-order valence-electron chi connectivity index (χ1n) is 4.89. The summed E-state index contributed by atoms with van der Waals surface area (Å²) in [5.41, 5.74) is 7.35. The van der Waals surface area contributed by atoms with Gasteiger partial charge in [0.1, 0.15) is 0 Å². The Morgan fingerprint density at radius 1 is 1.27 bits per heavy atom. The van der Waals surface area contributed by atoms with Crippen LogP contribution in [0.5, 0.6) is 0 Å². The van der Waals surface area contributed by atoms with Gasteiger partial charge >= 0.3 is 0 Å². The van der Waals surface area contributed by atoms with Gasteiger partial charge in [0.05, 0.1) is 0 Å². The van der Waals surface area contributed by atoms with E-state index < -0.39 is 0 Å². The van der Waals surface area contributed by atoms with Crippen LogP contribution in [-0.2, 0) is 0 Å². The molecule has 2 atom stereocenters. The van der Waals surface area contributed by atoms with E-state index in [-0.39, 0.29) is 0 Å². The van der Waals surface area contributed by atoms with Crippen LogP contribution < -0.4 is 5.73 Å². The van der Waals surface area contributed by atoms with Gasteiger partial charge in [0.15, 0.2) is 0 Å². The van der Waals surface area contributed by atoms with E-state index in [9.17, 15) is 0 Å². The molecule has 0 aromatic rings. The van der Waals surface area contributed by atoms with Crippen molar-refractivity contribution in [1.82, 2.24) is 0 Å². The van der Waals surface area contributed by atoms with Gasteiger partial charge in [-0.2, -0.15) is 0 Å². The predicted molar refractivity (Wildman–Crippen MR) is 47.3 cm³/mol. The van der Waals surface area contributed by atoms with E-state index in [1.807, 2.05) is 0 Å². The third-order valence-electron chi connectivity index (χ3n) is 4.30. The van der Waals surface area contributed by atoms with Crippen molar-refractivity contribution < 1.29 is 0 Å². The Bertz CT molecular complexity index is 172. The van der Waals surface area contributed by atoms with E-state index in [2.05, 4.69) is 13.8 Å². The van der Waals surface area contributed by atoms with Crippen molar-refractivity contribution in [2.45, 2.75) is 52.0 Å². The summed E-state index contributed by atoms with van der Waals surface area (Å²) in [6.07, 6.45) is 6.84. The van der Waals surface area contributed by atoms with Crippen LogP contribution in [0.3, 0.4) is 0 Å². The van der Waals surface area contributed by atoms with Gasteiger partial charge in [-0.25, -0.2) is 0 Å². The zero-order valence-corrected chi connectivity index (χ0v) is 7.69. The molecule has 0 aromatic heterocycles. The first-order chi connectivity index (χ1) is 5.13. The van der Waals surface area contributed by atoms with Gasteiger partial charge in [-0.05, 0) is 42.9 Å². The summed E-state index contributed by atoms with van der Waals surface area (Å²) in [6.45, 7) is 4.64. The van der Waals surface area contributed by atoms with E-state index in [1.54, 1.807) is 0 Å². The summed E-state index contributed by atoms with van der Waals surface area (Å²) in [5, 5.41) is 0. The topological polar surface area (TPSA) is 26.0 Å². The number of hydrogen-bond donors (Lipinski definition) is 1. The fraction of sp³-hybridized carbons (Fsp3) is 1.00. The predicted octanol–water partition coefficient (Wildman–Crippen LogP) is 2.30. The Balaban J connectivity index is 2.17. The molecule has 0 aliphatic heterocycles. The van der Waals surface area contributed by atoms with Crippen molar-refractivity contribution in [1.29, 1.82) is 0 Å². The molecule has 0 aromatic carbocycles. The highest BCUT2D eigenvalue weighted by Crippen LogP contribution is 2.63. The van der Waals surface area contributed by atoms with Gasteiger partial charge in [0, 0.05) is 6.04 Å². The second-order valence-electron chi connectivity index (χ2n) is 4.85. The molecule has 2 aliphatic carbocycles. The molecule has 0 heterocycles. The third kappa shape index (κ3) is 0.868. The highest BCUT2D eigenvalue weighted by molar-refractivity contribution is 5.12. The van der Waals surface area contributed by atoms with E-state index in [0.29, 0.717) is 16.9 Å². The first-order valence-corrected chi connectivity index (χ1v) is 4.89. The van der Waals surface area contributed by atoms with Gasteiger partial charge in [-0.3, -0.25) is 0 Å². The first kappa shape index (κ1) is 7.60. The van der Waals surface area contributed by atoms with E-state index >= 15 is 0 Å². The third-order valence-corrected chi connectivity index (χ3v) is 4.30. The molecule has 2 rings (SSSR count). The molecule has 2 N–H and O–H groups in total. The zero-order chi connectivity index (χ0) is 8.11. The molecule has 1 nitrogen and oxygen atoms in total. The molecule has 2 saturated carbocycles. The highest BCUT2D eigenvalue weighted by Gasteiger charge is 2.58. The minimum Gasteiger partial charge on any atom is -0.327 e. The molecule has 2 fully saturated rings. The maximum atomic E-state index is 6.26. The van der Waals surface area contributed by atoms with Crippen LogP contribution in [-0.4, -0.2) is 6.04 Å². The lowest BCUT2D eigenvalue weighted by atomic mass is 9.80. The summed E-state index contributed by atoms with van der Waals surface area (Å²) in [7, 11) is 0. The molecular formula is C10H19N. The second kappa shape index (κ2) is 2.01. The summed E-state index contributed by atoms with van der Waals surface area (Å²) < 4.78 is 0. The van der Waals surface area contributed by atoms with E-state index in [4.69, 9.17) is 5.73 Å². The van der Waals surface area contributed by atoms with Gasteiger partial charge in [-0.1, -0.05) is 13.8 Å². The van der Waals surface area contributed by atoms with Crippen LogP contribution in [0.2, 0.25) is 0 Å². The van der Waals surface area contributed by atoms with Crippen molar-refractivity contribution in [3.05, 3.63) is 0 Å². The van der Waals surface area contributed by atoms with Gasteiger partial charge in [-0.15, -0.1) is 0 Å². The SMILES string of the molecule is CCC1(C)CCC2(CC2)[C@H]1N. The van der Waals surface area contributed by atoms with Crippen LogP contribution in [0, 0.1) is 10.8 Å². The molecule has 0 radical (unpaired) electrons. The van der Waals surface area contributed by atoms with Gasteiger partial charge in [0.25, 0.3) is 0 Å².